The van der Waals surface area contributed by atoms with Gasteiger partial charge in [0.15, 0.2) is 0 Å². The molecule has 0 aliphatic rings. The highest BCUT2D eigenvalue weighted by Crippen LogP contribution is 2.22. The van der Waals surface area contributed by atoms with E-state index in [-0.39, 0.29) is 0 Å². The summed E-state index contributed by atoms with van der Waals surface area (Å²) in [6.07, 6.45) is 1.05. The van der Waals surface area contributed by atoms with Gasteiger partial charge in [-0.2, -0.15) is 0 Å². The first kappa shape index (κ1) is 13.6. The average molecular weight is 239 g/mol. The van der Waals surface area contributed by atoms with Crippen LogP contribution in [0, 0.1) is 0 Å². The van der Waals surface area contributed by atoms with Crippen LogP contribution in [0.15, 0.2) is 29.2 Å². The van der Waals surface area contributed by atoms with Crippen molar-refractivity contribution in [3.63, 3.8) is 0 Å². The quantitative estimate of drug-likeness (QED) is 0.449. The zero-order valence-corrected chi connectivity index (χ0v) is 11.1. The van der Waals surface area contributed by atoms with Crippen LogP contribution in [0.3, 0.4) is 0 Å². The van der Waals surface area contributed by atoms with Gasteiger partial charge < -0.3 is 4.74 Å². The second-order valence-corrected chi connectivity index (χ2v) is 5.64. The molecule has 1 rings (SSSR count). The Morgan fingerprint density at radius 2 is 1.94 bits per heavy atom. The van der Waals surface area contributed by atoms with Gasteiger partial charge >= 0.3 is 0 Å². The first-order valence-electron chi connectivity index (χ1n) is 5.67. The van der Waals surface area contributed by atoms with E-state index >= 15 is 0 Å². The fraction of sp³-hybridized carbons (Fsp3) is 0.538. The molecule has 90 valence electrons. The molecule has 0 bridgehead atoms. The number of hydrogen-bond donors (Lipinski definition) is 1. The Balaban J connectivity index is 2.33. The number of nitrogens with one attached hydrogen (secondary N) is 1. The minimum Gasteiger partial charge on any atom is -0.370 e. The summed E-state index contributed by atoms with van der Waals surface area (Å²) < 4.78 is 4.93. The van der Waals surface area contributed by atoms with Crippen molar-refractivity contribution < 1.29 is 4.74 Å². The fourth-order valence-electron chi connectivity index (χ4n) is 1.41. The van der Waals surface area contributed by atoms with Gasteiger partial charge in [-0.15, -0.1) is 11.8 Å². The highest BCUT2D eigenvalue weighted by Gasteiger charge is 1.98. The van der Waals surface area contributed by atoms with Gasteiger partial charge in [-0.1, -0.05) is 26.0 Å². The lowest BCUT2D eigenvalue weighted by molar-refractivity contribution is 0.176. The summed E-state index contributed by atoms with van der Waals surface area (Å²) in [7, 11) is 1.70. The fourth-order valence-corrected chi connectivity index (χ4v) is 2.25. The molecule has 1 aromatic rings. The van der Waals surface area contributed by atoms with E-state index in [1.165, 1.54) is 10.5 Å². The van der Waals surface area contributed by atoms with Gasteiger partial charge in [0.25, 0.3) is 0 Å². The number of ether oxygens (including phenoxy) is 1. The summed E-state index contributed by atoms with van der Waals surface area (Å²) in [6.45, 7) is 6.02. The zero-order valence-electron chi connectivity index (χ0n) is 10.3. The lowest BCUT2D eigenvalue weighted by atomic mass is 10.1. The molecule has 0 aliphatic carbocycles. The number of hydrogen-bond acceptors (Lipinski definition) is 3. The van der Waals surface area contributed by atoms with Crippen LogP contribution < -0.4 is 5.32 Å². The Labute approximate surface area is 103 Å². The highest BCUT2D eigenvalue weighted by atomic mass is 32.2. The Hall–Kier alpha value is -0.510. The summed E-state index contributed by atoms with van der Waals surface area (Å²) in [5, 5.41) is 3.85. The van der Waals surface area contributed by atoms with Crippen molar-refractivity contribution in [3.8, 4) is 0 Å². The van der Waals surface area contributed by atoms with Gasteiger partial charge in [-0.3, -0.25) is 5.32 Å². The zero-order chi connectivity index (χ0) is 11.8. The number of benzene rings is 1. The number of thioether (sulfide) groups is 1. The van der Waals surface area contributed by atoms with E-state index in [0.29, 0.717) is 12.0 Å². The summed E-state index contributed by atoms with van der Waals surface area (Å²) in [6, 6.07) is 8.82. The summed E-state index contributed by atoms with van der Waals surface area (Å²) >= 11 is 1.90. The van der Waals surface area contributed by atoms with Crippen LogP contribution in [0.4, 0.5) is 0 Å². The van der Waals surface area contributed by atoms with Gasteiger partial charge in [0.05, 0.1) is 6.73 Å². The maximum Gasteiger partial charge on any atom is 0.0961 e. The lowest BCUT2D eigenvalue weighted by Crippen LogP contribution is -2.19. The second-order valence-electron chi connectivity index (χ2n) is 3.99. The number of methoxy groups -OCH3 is 1. The maximum atomic E-state index is 4.93. The lowest BCUT2D eigenvalue weighted by Gasteiger charge is -2.07. The molecule has 0 heterocycles. The molecular formula is C13H21NOS. The molecule has 0 amide bonds. The highest BCUT2D eigenvalue weighted by molar-refractivity contribution is 7.99. The van der Waals surface area contributed by atoms with Crippen molar-refractivity contribution in [1.29, 1.82) is 0 Å². The van der Waals surface area contributed by atoms with Crippen LogP contribution >= 0.6 is 11.8 Å². The van der Waals surface area contributed by atoms with Gasteiger partial charge in [0, 0.05) is 23.8 Å². The predicted molar refractivity (Wildman–Crippen MR) is 71.0 cm³/mol. The van der Waals surface area contributed by atoms with E-state index in [1.54, 1.807) is 7.11 Å². The average Bonchev–Trinajstić information content (AvgIpc) is 2.26. The molecule has 0 saturated carbocycles. The molecule has 16 heavy (non-hydrogen) atoms. The maximum absolute atomic E-state index is 4.93. The molecule has 0 saturated heterocycles. The Morgan fingerprint density at radius 3 is 2.50 bits per heavy atom. The topological polar surface area (TPSA) is 21.3 Å². The standard InChI is InChI=1S/C13H21NOS/c1-11(2)16-13-6-4-12(5-7-13)8-9-14-10-15-3/h4-7,11,14H,8-10H2,1-3H3. The molecule has 2 nitrogen and oxygen atoms in total. The SMILES string of the molecule is COCNCCc1ccc(SC(C)C)cc1. The summed E-state index contributed by atoms with van der Waals surface area (Å²) in [5.41, 5.74) is 1.37. The van der Waals surface area contributed by atoms with E-state index in [0.717, 1.165) is 13.0 Å². The smallest absolute Gasteiger partial charge is 0.0961 e. The van der Waals surface area contributed by atoms with E-state index < -0.39 is 0 Å². The van der Waals surface area contributed by atoms with Crippen molar-refractivity contribution in [1.82, 2.24) is 5.32 Å². The predicted octanol–water partition coefficient (Wildman–Crippen LogP) is 2.92. The van der Waals surface area contributed by atoms with Gasteiger partial charge in [0.2, 0.25) is 0 Å². The van der Waals surface area contributed by atoms with Crippen LogP contribution in [-0.4, -0.2) is 25.6 Å². The van der Waals surface area contributed by atoms with Crippen LogP contribution in [0.1, 0.15) is 19.4 Å². The van der Waals surface area contributed by atoms with Crippen LogP contribution in [0.5, 0.6) is 0 Å². The van der Waals surface area contributed by atoms with E-state index in [1.807, 2.05) is 11.8 Å². The van der Waals surface area contributed by atoms with Crippen molar-refractivity contribution >= 4 is 11.8 Å². The van der Waals surface area contributed by atoms with Gasteiger partial charge in [0.1, 0.15) is 0 Å². The van der Waals surface area contributed by atoms with Crippen LogP contribution in [0.25, 0.3) is 0 Å². The molecule has 0 spiro atoms. The van der Waals surface area contributed by atoms with Crippen LogP contribution in [-0.2, 0) is 11.2 Å². The minimum atomic E-state index is 0.626. The molecule has 0 radical (unpaired) electrons. The van der Waals surface area contributed by atoms with E-state index in [9.17, 15) is 0 Å². The summed E-state index contributed by atoms with van der Waals surface area (Å²) in [5.74, 6) is 0. The Kier molecular flexibility index (Phi) is 6.53. The monoisotopic (exact) mass is 239 g/mol. The van der Waals surface area contributed by atoms with Gasteiger partial charge in [-0.05, 0) is 24.1 Å². The Bertz CT molecular complexity index is 284. The third-order valence-corrected chi connectivity index (χ3v) is 3.15. The van der Waals surface area contributed by atoms with Crippen molar-refractivity contribution in [2.45, 2.75) is 30.4 Å². The summed E-state index contributed by atoms with van der Waals surface area (Å²) in [4.78, 5) is 1.35. The molecule has 0 aromatic heterocycles. The third kappa shape index (κ3) is 5.54. The van der Waals surface area contributed by atoms with Crippen molar-refractivity contribution in [2.24, 2.45) is 0 Å². The largest absolute Gasteiger partial charge is 0.370 e. The van der Waals surface area contributed by atoms with E-state index in [2.05, 4.69) is 43.4 Å². The Morgan fingerprint density at radius 1 is 1.25 bits per heavy atom. The second kappa shape index (κ2) is 7.71. The molecule has 0 unspecified atom stereocenters. The first-order valence-corrected chi connectivity index (χ1v) is 6.55. The van der Waals surface area contributed by atoms with E-state index in [4.69, 9.17) is 4.74 Å². The molecule has 1 N–H and O–H groups in total. The first-order chi connectivity index (χ1) is 7.72. The molecular weight excluding hydrogens is 218 g/mol. The molecule has 0 aliphatic heterocycles. The number of rotatable bonds is 7. The molecule has 0 fully saturated rings. The van der Waals surface area contributed by atoms with Crippen molar-refractivity contribution in [2.75, 3.05) is 20.4 Å². The third-order valence-electron chi connectivity index (χ3n) is 2.13. The minimum absolute atomic E-state index is 0.626. The van der Waals surface area contributed by atoms with Crippen LogP contribution in [0.2, 0.25) is 0 Å². The molecule has 0 atom stereocenters. The normalized spacial score (nSPS) is 11.0. The molecule has 3 heteroatoms. The van der Waals surface area contributed by atoms with Gasteiger partial charge in [-0.25, -0.2) is 0 Å². The van der Waals surface area contributed by atoms with Crippen molar-refractivity contribution in [3.05, 3.63) is 29.8 Å². The molecule has 1 aromatic carbocycles.